The molecule has 0 saturated heterocycles. The van der Waals surface area contributed by atoms with Crippen LogP contribution in [-0.2, 0) is 13.5 Å². The Bertz CT molecular complexity index is 911. The summed E-state index contributed by atoms with van der Waals surface area (Å²) in [6.45, 7) is 2.64. The first-order valence-electron chi connectivity index (χ1n) is 8.08. The molecule has 0 aliphatic rings. The summed E-state index contributed by atoms with van der Waals surface area (Å²) in [5, 5.41) is 2.99. The van der Waals surface area contributed by atoms with Crippen LogP contribution in [0.15, 0.2) is 30.3 Å². The highest BCUT2D eigenvalue weighted by Gasteiger charge is 2.14. The Morgan fingerprint density at radius 2 is 1.92 bits per heavy atom. The van der Waals surface area contributed by atoms with Gasteiger partial charge in [-0.05, 0) is 43.2 Å². The Morgan fingerprint density at radius 3 is 2.60 bits per heavy atom. The molecule has 0 fully saturated rings. The predicted octanol–water partition coefficient (Wildman–Crippen LogP) is 3.54. The van der Waals surface area contributed by atoms with Crippen molar-refractivity contribution in [3.8, 4) is 11.5 Å². The zero-order chi connectivity index (χ0) is 18.0. The van der Waals surface area contributed by atoms with E-state index < -0.39 is 0 Å². The minimum Gasteiger partial charge on any atom is -0.493 e. The van der Waals surface area contributed by atoms with Crippen molar-refractivity contribution in [1.29, 1.82) is 0 Å². The number of amides is 1. The van der Waals surface area contributed by atoms with Crippen LogP contribution in [0.3, 0.4) is 0 Å². The molecule has 1 amide bonds. The molecule has 6 heteroatoms. The fraction of sp³-hybridized carbons (Fsp3) is 0.316. The number of aromatic nitrogens is 1. The van der Waals surface area contributed by atoms with Crippen LogP contribution in [-0.4, -0.2) is 31.2 Å². The van der Waals surface area contributed by atoms with Crippen molar-refractivity contribution in [3.05, 3.63) is 46.5 Å². The van der Waals surface area contributed by atoms with Gasteiger partial charge in [-0.3, -0.25) is 4.79 Å². The van der Waals surface area contributed by atoms with Gasteiger partial charge in [0, 0.05) is 18.5 Å². The second-order valence-electron chi connectivity index (χ2n) is 5.89. The molecule has 0 radical (unpaired) electrons. The minimum absolute atomic E-state index is 0.0518. The summed E-state index contributed by atoms with van der Waals surface area (Å²) in [7, 11) is 5.16. The molecule has 1 N–H and O–H groups in total. The van der Waals surface area contributed by atoms with Gasteiger partial charge in [0.2, 0.25) is 0 Å². The lowest BCUT2D eigenvalue weighted by Gasteiger charge is -2.10. The molecular formula is C19H22N2O3S. The molecule has 0 unspecified atom stereocenters. The molecule has 0 saturated carbocycles. The van der Waals surface area contributed by atoms with Gasteiger partial charge in [0.05, 0.1) is 24.4 Å². The van der Waals surface area contributed by atoms with E-state index in [0.717, 1.165) is 22.2 Å². The van der Waals surface area contributed by atoms with Gasteiger partial charge in [0.1, 0.15) is 5.69 Å². The number of hydrogen-bond acceptors (Lipinski definition) is 4. The topological polar surface area (TPSA) is 52.5 Å². The highest BCUT2D eigenvalue weighted by Crippen LogP contribution is 2.28. The number of thiophene rings is 1. The first kappa shape index (κ1) is 17.4. The second-order valence-corrected chi connectivity index (χ2v) is 7.18. The first-order chi connectivity index (χ1) is 12.0. The third kappa shape index (κ3) is 3.49. The van der Waals surface area contributed by atoms with Crippen LogP contribution in [0.1, 0.15) is 20.9 Å². The minimum atomic E-state index is -0.0518. The van der Waals surface area contributed by atoms with Crippen molar-refractivity contribution in [2.45, 2.75) is 13.3 Å². The lowest BCUT2D eigenvalue weighted by molar-refractivity contribution is 0.0946. The Balaban J connectivity index is 1.64. The largest absolute Gasteiger partial charge is 0.493 e. The van der Waals surface area contributed by atoms with Gasteiger partial charge in [0.25, 0.3) is 5.91 Å². The molecule has 25 heavy (non-hydrogen) atoms. The predicted molar refractivity (Wildman–Crippen MR) is 101 cm³/mol. The third-order valence-corrected chi connectivity index (χ3v) is 5.22. The van der Waals surface area contributed by atoms with Crippen molar-refractivity contribution < 1.29 is 14.3 Å². The van der Waals surface area contributed by atoms with Crippen LogP contribution in [0.2, 0.25) is 0 Å². The maximum Gasteiger partial charge on any atom is 0.267 e. The number of aryl methyl sites for hydroxylation is 2. The second kappa shape index (κ2) is 7.19. The molecule has 0 aliphatic heterocycles. The summed E-state index contributed by atoms with van der Waals surface area (Å²) >= 11 is 1.71. The SMILES string of the molecule is COc1ccc(CCNC(=O)c2cc3sc(C)cc3n2C)cc1OC. The normalized spacial score (nSPS) is 10.9. The summed E-state index contributed by atoms with van der Waals surface area (Å²) < 4.78 is 13.6. The molecule has 132 valence electrons. The number of benzene rings is 1. The van der Waals surface area contributed by atoms with Gasteiger partial charge in [-0.1, -0.05) is 6.07 Å². The van der Waals surface area contributed by atoms with E-state index >= 15 is 0 Å². The van der Waals surface area contributed by atoms with Gasteiger partial charge in [-0.15, -0.1) is 11.3 Å². The third-order valence-electron chi connectivity index (χ3n) is 4.23. The number of carbonyl (C=O) groups is 1. The van der Waals surface area contributed by atoms with Crippen LogP contribution >= 0.6 is 11.3 Å². The van der Waals surface area contributed by atoms with Crippen molar-refractivity contribution in [3.63, 3.8) is 0 Å². The Hall–Kier alpha value is -2.47. The van der Waals surface area contributed by atoms with Crippen molar-refractivity contribution in [2.24, 2.45) is 7.05 Å². The number of hydrogen-bond donors (Lipinski definition) is 1. The lowest BCUT2D eigenvalue weighted by Crippen LogP contribution is -2.27. The lowest BCUT2D eigenvalue weighted by atomic mass is 10.1. The van der Waals surface area contributed by atoms with Gasteiger partial charge < -0.3 is 19.4 Å². The van der Waals surface area contributed by atoms with Crippen molar-refractivity contribution >= 4 is 27.5 Å². The number of rotatable bonds is 6. The van der Waals surface area contributed by atoms with Gasteiger partial charge in [0.15, 0.2) is 11.5 Å². The molecule has 0 atom stereocenters. The van der Waals surface area contributed by atoms with Crippen molar-refractivity contribution in [1.82, 2.24) is 9.88 Å². The summed E-state index contributed by atoms with van der Waals surface area (Å²) in [5.74, 6) is 1.35. The fourth-order valence-corrected chi connectivity index (χ4v) is 3.89. The molecule has 2 heterocycles. The highest BCUT2D eigenvalue weighted by atomic mass is 32.1. The van der Waals surface area contributed by atoms with Gasteiger partial charge in [-0.2, -0.15) is 0 Å². The smallest absolute Gasteiger partial charge is 0.267 e. The van der Waals surface area contributed by atoms with Crippen LogP contribution in [0, 0.1) is 6.92 Å². The van der Waals surface area contributed by atoms with E-state index in [0.29, 0.717) is 23.7 Å². The molecule has 0 spiro atoms. The van der Waals surface area contributed by atoms with E-state index in [2.05, 4.69) is 18.3 Å². The Morgan fingerprint density at radius 1 is 1.16 bits per heavy atom. The van der Waals surface area contributed by atoms with E-state index in [1.807, 2.05) is 35.9 Å². The standard InChI is InChI=1S/C19H22N2O3S/c1-12-9-14-18(25-12)11-15(21(14)2)19(22)20-8-7-13-5-6-16(23-3)17(10-13)24-4/h5-6,9-11H,7-8H2,1-4H3,(H,20,22). The molecule has 5 nitrogen and oxygen atoms in total. The fourth-order valence-electron chi connectivity index (χ4n) is 2.90. The molecular weight excluding hydrogens is 336 g/mol. The monoisotopic (exact) mass is 358 g/mol. The average molecular weight is 358 g/mol. The van der Waals surface area contributed by atoms with E-state index in [9.17, 15) is 4.79 Å². The van der Waals surface area contributed by atoms with Crippen LogP contribution in [0.5, 0.6) is 11.5 Å². The number of ether oxygens (including phenoxy) is 2. The maximum atomic E-state index is 12.5. The van der Waals surface area contributed by atoms with Gasteiger partial charge in [-0.25, -0.2) is 0 Å². The summed E-state index contributed by atoms with van der Waals surface area (Å²) in [5.41, 5.74) is 2.88. The van der Waals surface area contributed by atoms with E-state index in [4.69, 9.17) is 9.47 Å². The van der Waals surface area contributed by atoms with E-state index in [1.54, 1.807) is 25.6 Å². The average Bonchev–Trinajstić information content (AvgIpc) is 3.12. The van der Waals surface area contributed by atoms with Crippen LogP contribution in [0.4, 0.5) is 0 Å². The van der Waals surface area contributed by atoms with E-state index in [1.165, 1.54) is 4.88 Å². The zero-order valence-electron chi connectivity index (χ0n) is 14.9. The summed E-state index contributed by atoms with van der Waals surface area (Å²) in [6.07, 6.45) is 0.726. The summed E-state index contributed by atoms with van der Waals surface area (Å²) in [6, 6.07) is 9.86. The quantitative estimate of drug-likeness (QED) is 0.733. The first-order valence-corrected chi connectivity index (χ1v) is 8.90. The highest BCUT2D eigenvalue weighted by molar-refractivity contribution is 7.19. The molecule has 0 bridgehead atoms. The molecule has 1 aromatic carbocycles. The number of nitrogens with one attached hydrogen (secondary N) is 1. The summed E-state index contributed by atoms with van der Waals surface area (Å²) in [4.78, 5) is 13.7. The van der Waals surface area contributed by atoms with E-state index in [-0.39, 0.29) is 5.91 Å². The number of nitrogens with zero attached hydrogens (tertiary/aromatic N) is 1. The maximum absolute atomic E-state index is 12.5. The molecule has 0 aliphatic carbocycles. The van der Waals surface area contributed by atoms with Crippen LogP contribution < -0.4 is 14.8 Å². The zero-order valence-corrected chi connectivity index (χ0v) is 15.7. The van der Waals surface area contributed by atoms with Gasteiger partial charge >= 0.3 is 0 Å². The number of fused-ring (bicyclic) bond motifs is 1. The number of methoxy groups -OCH3 is 2. The Labute approximate surface area is 151 Å². The Kier molecular flexibility index (Phi) is 4.99. The molecule has 2 aromatic heterocycles. The van der Waals surface area contributed by atoms with Crippen LogP contribution in [0.25, 0.3) is 10.2 Å². The number of carbonyl (C=O) groups excluding carboxylic acids is 1. The van der Waals surface area contributed by atoms with Crippen molar-refractivity contribution in [2.75, 3.05) is 20.8 Å². The molecule has 3 rings (SSSR count). The molecule has 3 aromatic rings.